The summed E-state index contributed by atoms with van der Waals surface area (Å²) in [7, 11) is 1.63. The zero-order valence-electron chi connectivity index (χ0n) is 46.1. The first kappa shape index (κ1) is 67.0. The van der Waals surface area contributed by atoms with E-state index in [-0.39, 0.29) is 19.1 Å². The fourth-order valence-corrected chi connectivity index (χ4v) is 9.76. The van der Waals surface area contributed by atoms with E-state index < -0.39 is 20.0 Å². The van der Waals surface area contributed by atoms with E-state index in [1.807, 2.05) is 21.1 Å². The Labute approximate surface area is 424 Å². The van der Waals surface area contributed by atoms with Gasteiger partial charge in [-0.25, -0.2) is 4.57 Å². The Morgan fingerprint density at radius 1 is 0.500 bits per heavy atom. The average Bonchev–Trinajstić information content (AvgIpc) is 3.30. The van der Waals surface area contributed by atoms with Crippen LogP contribution < -0.4 is 5.32 Å². The number of aliphatic hydroxyl groups is 1. The van der Waals surface area contributed by atoms with Gasteiger partial charge in [-0.05, 0) is 44.9 Å². The number of nitrogens with zero attached hydrogens (tertiary/aromatic N) is 1. The van der Waals surface area contributed by atoms with Crippen molar-refractivity contribution in [2.75, 3.05) is 40.9 Å². The number of unbranched alkanes of at least 4 members (excludes halogenated alkanes) is 38. The standard InChI is InChI=1S/C59H117N2O6P/c1-6-8-10-12-14-16-18-20-22-23-24-25-26-27-28-29-30-31-32-33-34-35-36-37-39-41-43-45-47-49-51-53-59(63)60-57(56-67-68(64,65)66-55-54-61(3,4)5)58(62)52-50-48-46-44-42-40-38-21-19-17-15-13-11-9-7-2/h18,20,23-24,57-58,62H,6-17,19,21-22,25-56H2,1-5H3,(H-,60,63,64,65)/p+1/b20-18-,24-23-. The van der Waals surface area contributed by atoms with Crippen molar-refractivity contribution in [3.05, 3.63) is 24.3 Å². The number of carbonyl (C=O) groups is 1. The number of likely N-dealkylation sites (N-methyl/N-ethyl adjacent to an activating group) is 1. The molecule has 0 saturated carbocycles. The second-order valence-electron chi connectivity index (χ2n) is 21.7. The number of rotatable bonds is 55. The molecule has 0 aliphatic carbocycles. The van der Waals surface area contributed by atoms with Gasteiger partial charge < -0.3 is 19.8 Å². The SMILES string of the molecule is CCCCCCC/C=C\C/C=C\CCCCCCCCCCCCCCCCCCCCCC(=O)NC(COP(=O)(O)OCC[N+](C)(C)C)C(O)CCCCCCCCCCCCCCCCC. The van der Waals surface area contributed by atoms with E-state index in [4.69, 9.17) is 9.05 Å². The number of aliphatic hydroxyl groups excluding tert-OH is 1. The van der Waals surface area contributed by atoms with Gasteiger partial charge in [-0.3, -0.25) is 13.8 Å². The lowest BCUT2D eigenvalue weighted by Gasteiger charge is -2.26. The summed E-state index contributed by atoms with van der Waals surface area (Å²) >= 11 is 0. The molecule has 0 bridgehead atoms. The van der Waals surface area contributed by atoms with Crippen LogP contribution in [0.2, 0.25) is 0 Å². The lowest BCUT2D eigenvalue weighted by atomic mass is 10.0. The Morgan fingerprint density at radius 2 is 0.838 bits per heavy atom. The van der Waals surface area contributed by atoms with Gasteiger partial charge in [0.25, 0.3) is 0 Å². The first-order chi connectivity index (χ1) is 33.0. The number of allylic oxidation sites excluding steroid dienone is 4. The van der Waals surface area contributed by atoms with Crippen molar-refractivity contribution in [1.82, 2.24) is 5.32 Å². The van der Waals surface area contributed by atoms with Crippen molar-refractivity contribution < 1.29 is 32.9 Å². The molecule has 0 fully saturated rings. The van der Waals surface area contributed by atoms with Crippen molar-refractivity contribution in [2.24, 2.45) is 0 Å². The highest BCUT2D eigenvalue weighted by Gasteiger charge is 2.28. The molecule has 0 aromatic carbocycles. The second kappa shape index (κ2) is 50.9. The molecule has 3 N–H and O–H groups in total. The quantitative estimate of drug-likeness (QED) is 0.0243. The lowest BCUT2D eigenvalue weighted by Crippen LogP contribution is -2.46. The summed E-state index contributed by atoms with van der Waals surface area (Å²) in [5.41, 5.74) is 0. The highest BCUT2D eigenvalue weighted by molar-refractivity contribution is 7.47. The smallest absolute Gasteiger partial charge is 0.391 e. The monoisotopic (exact) mass is 982 g/mol. The molecular weight excluding hydrogens is 864 g/mol. The molecule has 3 atom stereocenters. The summed E-state index contributed by atoms with van der Waals surface area (Å²) < 4.78 is 23.8. The van der Waals surface area contributed by atoms with Gasteiger partial charge in [0, 0.05) is 6.42 Å². The number of hydrogen-bond donors (Lipinski definition) is 3. The molecular formula is C59H118N2O6P+. The molecule has 0 spiro atoms. The molecule has 404 valence electrons. The zero-order chi connectivity index (χ0) is 49.9. The summed E-state index contributed by atoms with van der Waals surface area (Å²) in [5.74, 6) is -0.139. The predicted molar refractivity (Wildman–Crippen MR) is 295 cm³/mol. The van der Waals surface area contributed by atoms with Gasteiger partial charge >= 0.3 is 7.82 Å². The third-order valence-corrected chi connectivity index (χ3v) is 14.7. The van der Waals surface area contributed by atoms with Gasteiger partial charge in [-0.1, -0.05) is 269 Å². The first-order valence-electron chi connectivity index (χ1n) is 29.7. The Morgan fingerprint density at radius 3 is 1.21 bits per heavy atom. The number of phosphoric acid groups is 1. The molecule has 0 aliphatic heterocycles. The van der Waals surface area contributed by atoms with Crippen LogP contribution in [0.25, 0.3) is 0 Å². The molecule has 0 aromatic heterocycles. The molecule has 0 heterocycles. The fourth-order valence-electron chi connectivity index (χ4n) is 9.02. The van der Waals surface area contributed by atoms with Crippen LogP contribution in [-0.4, -0.2) is 73.4 Å². The number of nitrogens with one attached hydrogen (secondary N) is 1. The second-order valence-corrected chi connectivity index (χ2v) is 23.2. The molecule has 0 saturated heterocycles. The molecule has 1 amide bonds. The van der Waals surface area contributed by atoms with E-state index in [1.54, 1.807) is 0 Å². The van der Waals surface area contributed by atoms with Crippen LogP contribution in [0.15, 0.2) is 24.3 Å². The zero-order valence-corrected chi connectivity index (χ0v) is 47.0. The first-order valence-corrected chi connectivity index (χ1v) is 31.2. The number of quaternary nitrogens is 1. The summed E-state index contributed by atoms with van der Waals surface area (Å²) in [6, 6.07) is -0.757. The van der Waals surface area contributed by atoms with E-state index in [0.717, 1.165) is 44.9 Å². The Kier molecular flexibility index (Phi) is 50.1. The molecule has 0 aromatic rings. The van der Waals surface area contributed by atoms with Crippen LogP contribution in [-0.2, 0) is 18.4 Å². The minimum Gasteiger partial charge on any atom is -0.391 e. The van der Waals surface area contributed by atoms with E-state index in [1.165, 1.54) is 225 Å². The summed E-state index contributed by atoms with van der Waals surface area (Å²) in [5, 5.41) is 14.1. The largest absolute Gasteiger partial charge is 0.472 e. The predicted octanol–water partition coefficient (Wildman–Crippen LogP) is 18.0. The van der Waals surface area contributed by atoms with Gasteiger partial charge in [-0.2, -0.15) is 0 Å². The van der Waals surface area contributed by atoms with Gasteiger partial charge in [-0.15, -0.1) is 0 Å². The number of hydrogen-bond acceptors (Lipinski definition) is 5. The van der Waals surface area contributed by atoms with Crippen molar-refractivity contribution in [3.8, 4) is 0 Å². The molecule has 0 aliphatic rings. The summed E-state index contributed by atoms with van der Waals surface area (Å²) in [4.78, 5) is 23.3. The average molecular weight is 983 g/mol. The van der Waals surface area contributed by atoms with E-state index in [9.17, 15) is 19.4 Å². The van der Waals surface area contributed by atoms with Crippen LogP contribution in [0.1, 0.15) is 296 Å². The fraction of sp³-hybridized carbons (Fsp3) is 0.915. The number of amides is 1. The van der Waals surface area contributed by atoms with E-state index >= 15 is 0 Å². The molecule has 9 heteroatoms. The van der Waals surface area contributed by atoms with Crippen molar-refractivity contribution >= 4 is 13.7 Å². The van der Waals surface area contributed by atoms with E-state index in [0.29, 0.717) is 23.9 Å². The van der Waals surface area contributed by atoms with Crippen LogP contribution in [0.4, 0.5) is 0 Å². The normalized spacial score (nSPS) is 14.0. The maximum Gasteiger partial charge on any atom is 0.472 e. The van der Waals surface area contributed by atoms with Crippen molar-refractivity contribution in [2.45, 2.75) is 309 Å². The number of phosphoric ester groups is 1. The Balaban J connectivity index is 4.01. The van der Waals surface area contributed by atoms with Crippen molar-refractivity contribution in [1.29, 1.82) is 0 Å². The molecule has 3 unspecified atom stereocenters. The highest BCUT2D eigenvalue weighted by atomic mass is 31.2. The van der Waals surface area contributed by atoms with Gasteiger partial charge in [0.2, 0.25) is 5.91 Å². The van der Waals surface area contributed by atoms with Crippen LogP contribution in [0, 0.1) is 0 Å². The Hall–Kier alpha value is -1.02. The lowest BCUT2D eigenvalue weighted by molar-refractivity contribution is -0.870. The minimum atomic E-state index is -4.32. The molecule has 68 heavy (non-hydrogen) atoms. The molecule has 0 rings (SSSR count). The minimum absolute atomic E-state index is 0.0771. The maximum absolute atomic E-state index is 13.0. The summed E-state index contributed by atoms with van der Waals surface area (Å²) in [6.07, 6.45) is 63.8. The number of carbonyl (C=O) groups excluding carboxylic acids is 1. The van der Waals surface area contributed by atoms with Crippen LogP contribution in [0.3, 0.4) is 0 Å². The molecule has 0 radical (unpaired) electrons. The third-order valence-electron chi connectivity index (χ3n) is 13.7. The Bertz CT molecular complexity index is 1160. The molecule has 8 nitrogen and oxygen atoms in total. The maximum atomic E-state index is 13.0. The van der Waals surface area contributed by atoms with Gasteiger partial charge in [0.05, 0.1) is 39.9 Å². The van der Waals surface area contributed by atoms with Crippen LogP contribution >= 0.6 is 7.82 Å². The third kappa shape index (κ3) is 52.8. The van der Waals surface area contributed by atoms with Crippen LogP contribution in [0.5, 0.6) is 0 Å². The van der Waals surface area contributed by atoms with E-state index in [2.05, 4.69) is 43.5 Å². The highest BCUT2D eigenvalue weighted by Crippen LogP contribution is 2.43. The summed E-state index contributed by atoms with van der Waals surface area (Å²) in [6.45, 7) is 4.91. The van der Waals surface area contributed by atoms with Gasteiger partial charge in [0.15, 0.2) is 0 Å². The topological polar surface area (TPSA) is 105 Å². The van der Waals surface area contributed by atoms with Gasteiger partial charge in [0.1, 0.15) is 13.2 Å². The van der Waals surface area contributed by atoms with Crippen molar-refractivity contribution in [3.63, 3.8) is 0 Å².